The largest absolute Gasteiger partial charge is 0.366 e. The zero-order valence-corrected chi connectivity index (χ0v) is 8.54. The van der Waals surface area contributed by atoms with E-state index < -0.39 is 0 Å². The van der Waals surface area contributed by atoms with E-state index in [1.165, 1.54) is 0 Å². The van der Waals surface area contributed by atoms with Crippen LogP contribution in [0.25, 0.3) is 0 Å². The SMILES string of the molecule is Clc1ccc(NC2CC=CCC2)nn1. The molecule has 1 atom stereocenters. The minimum Gasteiger partial charge on any atom is -0.366 e. The Balaban J connectivity index is 1.96. The first-order valence-corrected chi connectivity index (χ1v) is 5.13. The molecule has 1 aliphatic carbocycles. The minimum atomic E-state index is 0.430. The molecule has 0 fully saturated rings. The molecule has 1 aromatic heterocycles. The van der Waals surface area contributed by atoms with Crippen molar-refractivity contribution in [1.82, 2.24) is 10.2 Å². The Labute approximate surface area is 88.2 Å². The predicted octanol–water partition coefficient (Wildman–Crippen LogP) is 2.65. The van der Waals surface area contributed by atoms with Gasteiger partial charge in [0.25, 0.3) is 0 Å². The number of rotatable bonds is 2. The fourth-order valence-corrected chi connectivity index (χ4v) is 1.63. The molecule has 0 aliphatic heterocycles. The van der Waals surface area contributed by atoms with Crippen molar-refractivity contribution in [1.29, 1.82) is 0 Å². The average Bonchev–Trinajstić information content (AvgIpc) is 2.23. The molecule has 3 nitrogen and oxygen atoms in total. The van der Waals surface area contributed by atoms with Crippen LogP contribution in [0, 0.1) is 0 Å². The van der Waals surface area contributed by atoms with Gasteiger partial charge in [-0.15, -0.1) is 10.2 Å². The highest BCUT2D eigenvalue weighted by Gasteiger charge is 2.09. The van der Waals surface area contributed by atoms with Crippen molar-refractivity contribution in [2.24, 2.45) is 0 Å². The number of hydrogen-bond acceptors (Lipinski definition) is 3. The van der Waals surface area contributed by atoms with Crippen molar-refractivity contribution in [3.63, 3.8) is 0 Å². The summed E-state index contributed by atoms with van der Waals surface area (Å²) in [6, 6.07) is 4.08. The van der Waals surface area contributed by atoms with Crippen molar-refractivity contribution in [3.8, 4) is 0 Å². The Morgan fingerprint density at radius 3 is 2.86 bits per heavy atom. The standard InChI is InChI=1S/C10H12ClN3/c11-9-6-7-10(14-13-9)12-8-4-2-1-3-5-8/h1-2,6-8H,3-5H2,(H,12,14). The predicted molar refractivity (Wildman–Crippen MR) is 57.4 cm³/mol. The molecule has 74 valence electrons. The molecule has 4 heteroatoms. The van der Waals surface area contributed by atoms with Crippen LogP contribution in [0.3, 0.4) is 0 Å². The Hall–Kier alpha value is -1.09. The third-order valence-corrected chi connectivity index (χ3v) is 2.45. The lowest BCUT2D eigenvalue weighted by Crippen LogP contribution is -2.21. The molecule has 0 amide bonds. The van der Waals surface area contributed by atoms with Crippen LogP contribution in [0.5, 0.6) is 0 Å². The summed E-state index contributed by atoms with van der Waals surface area (Å²) in [6.45, 7) is 0. The summed E-state index contributed by atoms with van der Waals surface area (Å²) < 4.78 is 0. The first-order chi connectivity index (χ1) is 6.84. The highest BCUT2D eigenvalue weighted by atomic mass is 35.5. The second-order valence-electron chi connectivity index (χ2n) is 3.37. The van der Waals surface area contributed by atoms with E-state index >= 15 is 0 Å². The van der Waals surface area contributed by atoms with Crippen molar-refractivity contribution in [2.45, 2.75) is 25.3 Å². The zero-order chi connectivity index (χ0) is 9.80. The minimum absolute atomic E-state index is 0.430. The lowest BCUT2D eigenvalue weighted by molar-refractivity contribution is 0.640. The number of nitrogens with one attached hydrogen (secondary N) is 1. The monoisotopic (exact) mass is 209 g/mol. The van der Waals surface area contributed by atoms with Crippen LogP contribution in [0.15, 0.2) is 24.3 Å². The Morgan fingerprint density at radius 1 is 1.29 bits per heavy atom. The van der Waals surface area contributed by atoms with Gasteiger partial charge in [0.2, 0.25) is 0 Å². The van der Waals surface area contributed by atoms with Gasteiger partial charge < -0.3 is 5.32 Å². The summed E-state index contributed by atoms with van der Waals surface area (Å²) >= 11 is 5.64. The van der Waals surface area contributed by atoms with E-state index in [1.54, 1.807) is 6.07 Å². The molecule has 0 spiro atoms. The lowest BCUT2D eigenvalue weighted by Gasteiger charge is -2.19. The molecule has 1 aliphatic rings. The van der Waals surface area contributed by atoms with Gasteiger partial charge in [-0.05, 0) is 31.4 Å². The molecule has 1 unspecified atom stereocenters. The molecule has 0 saturated heterocycles. The normalized spacial score (nSPS) is 20.8. The fourth-order valence-electron chi connectivity index (χ4n) is 1.53. The Morgan fingerprint density at radius 2 is 2.21 bits per heavy atom. The van der Waals surface area contributed by atoms with Gasteiger partial charge in [0, 0.05) is 6.04 Å². The van der Waals surface area contributed by atoms with E-state index in [9.17, 15) is 0 Å². The number of halogens is 1. The average molecular weight is 210 g/mol. The van der Waals surface area contributed by atoms with E-state index in [-0.39, 0.29) is 0 Å². The van der Waals surface area contributed by atoms with Crippen LogP contribution >= 0.6 is 11.6 Å². The van der Waals surface area contributed by atoms with E-state index in [1.807, 2.05) is 6.07 Å². The van der Waals surface area contributed by atoms with Gasteiger partial charge >= 0.3 is 0 Å². The van der Waals surface area contributed by atoms with Crippen LogP contribution < -0.4 is 5.32 Å². The molecule has 0 aromatic carbocycles. The highest BCUT2D eigenvalue weighted by molar-refractivity contribution is 6.29. The van der Waals surface area contributed by atoms with Crippen LogP contribution in [-0.4, -0.2) is 16.2 Å². The zero-order valence-electron chi connectivity index (χ0n) is 7.78. The maximum Gasteiger partial charge on any atom is 0.151 e. The van der Waals surface area contributed by atoms with Crippen LogP contribution in [0.4, 0.5) is 5.82 Å². The summed E-state index contributed by atoms with van der Waals surface area (Å²) in [5, 5.41) is 11.5. The van der Waals surface area contributed by atoms with E-state index in [0.29, 0.717) is 11.2 Å². The molecule has 1 N–H and O–H groups in total. The highest BCUT2D eigenvalue weighted by Crippen LogP contribution is 2.15. The number of nitrogens with zero attached hydrogens (tertiary/aromatic N) is 2. The Kier molecular flexibility index (Phi) is 2.99. The molecule has 14 heavy (non-hydrogen) atoms. The topological polar surface area (TPSA) is 37.8 Å². The molecular formula is C10H12ClN3. The molecule has 0 radical (unpaired) electrons. The molecule has 1 aromatic rings. The summed E-state index contributed by atoms with van der Waals surface area (Å²) in [7, 11) is 0. The third-order valence-electron chi connectivity index (χ3n) is 2.25. The molecule has 2 rings (SSSR count). The van der Waals surface area contributed by atoms with Gasteiger partial charge in [-0.25, -0.2) is 0 Å². The summed E-state index contributed by atoms with van der Waals surface area (Å²) in [5.41, 5.74) is 0. The summed E-state index contributed by atoms with van der Waals surface area (Å²) in [6.07, 6.45) is 7.76. The fraction of sp³-hybridized carbons (Fsp3) is 0.400. The number of anilines is 1. The van der Waals surface area contributed by atoms with E-state index in [2.05, 4.69) is 27.7 Å². The van der Waals surface area contributed by atoms with E-state index in [4.69, 9.17) is 11.6 Å². The van der Waals surface area contributed by atoms with Crippen molar-refractivity contribution >= 4 is 17.4 Å². The van der Waals surface area contributed by atoms with E-state index in [0.717, 1.165) is 25.1 Å². The van der Waals surface area contributed by atoms with Gasteiger partial charge in [-0.3, -0.25) is 0 Å². The number of allylic oxidation sites excluding steroid dienone is 1. The summed E-state index contributed by atoms with van der Waals surface area (Å²) in [5.74, 6) is 0.801. The molecule has 0 bridgehead atoms. The van der Waals surface area contributed by atoms with Gasteiger partial charge in [-0.1, -0.05) is 23.8 Å². The van der Waals surface area contributed by atoms with Crippen LogP contribution in [-0.2, 0) is 0 Å². The quantitative estimate of drug-likeness (QED) is 0.761. The summed E-state index contributed by atoms with van der Waals surface area (Å²) in [4.78, 5) is 0. The smallest absolute Gasteiger partial charge is 0.151 e. The number of hydrogen-bond donors (Lipinski definition) is 1. The first kappa shape index (κ1) is 9.46. The van der Waals surface area contributed by atoms with Crippen LogP contribution in [0.1, 0.15) is 19.3 Å². The Bertz CT molecular complexity index is 321. The molecule has 1 heterocycles. The first-order valence-electron chi connectivity index (χ1n) is 4.75. The maximum atomic E-state index is 5.64. The van der Waals surface area contributed by atoms with Crippen molar-refractivity contribution in [3.05, 3.63) is 29.4 Å². The third kappa shape index (κ3) is 2.45. The number of aromatic nitrogens is 2. The molecular weight excluding hydrogens is 198 g/mol. The van der Waals surface area contributed by atoms with Crippen LogP contribution in [0.2, 0.25) is 5.15 Å². The van der Waals surface area contributed by atoms with Crippen molar-refractivity contribution in [2.75, 3.05) is 5.32 Å². The second kappa shape index (κ2) is 4.42. The van der Waals surface area contributed by atoms with Crippen molar-refractivity contribution < 1.29 is 0 Å². The lowest BCUT2D eigenvalue weighted by atomic mass is 10.0. The molecule has 0 saturated carbocycles. The van der Waals surface area contributed by atoms with Gasteiger partial charge in [0.05, 0.1) is 0 Å². The van der Waals surface area contributed by atoms with Gasteiger partial charge in [-0.2, -0.15) is 0 Å². The second-order valence-corrected chi connectivity index (χ2v) is 3.75. The van der Waals surface area contributed by atoms with Gasteiger partial charge in [0.1, 0.15) is 5.82 Å². The van der Waals surface area contributed by atoms with Gasteiger partial charge in [0.15, 0.2) is 5.15 Å². The maximum absolute atomic E-state index is 5.64.